The Labute approximate surface area is 165 Å². The molecule has 27 heavy (non-hydrogen) atoms. The summed E-state index contributed by atoms with van der Waals surface area (Å²) < 4.78 is 5.36. The largest absolute Gasteiger partial charge is 0.379 e. The Balaban J connectivity index is 1.40. The highest BCUT2D eigenvalue weighted by atomic mass is 32.1. The van der Waals surface area contributed by atoms with Gasteiger partial charge in [-0.2, -0.15) is 0 Å². The van der Waals surface area contributed by atoms with Gasteiger partial charge in [0.25, 0.3) is 0 Å². The predicted molar refractivity (Wildman–Crippen MR) is 105 cm³/mol. The third-order valence-electron chi connectivity index (χ3n) is 5.26. The SMILES string of the molecule is CCc1csc(CCNC(=O)C2CCC(=O)N(CCN3CCOCC3)C2)n1. The van der Waals surface area contributed by atoms with Crippen molar-refractivity contribution < 1.29 is 14.3 Å². The maximum Gasteiger partial charge on any atom is 0.224 e. The molecule has 2 fully saturated rings. The van der Waals surface area contributed by atoms with Crippen LogP contribution in [-0.4, -0.2) is 79.1 Å². The fourth-order valence-corrected chi connectivity index (χ4v) is 4.38. The molecule has 2 saturated heterocycles. The summed E-state index contributed by atoms with van der Waals surface area (Å²) in [4.78, 5) is 33.4. The highest BCUT2D eigenvalue weighted by Gasteiger charge is 2.30. The minimum absolute atomic E-state index is 0.0612. The number of thiazole rings is 1. The summed E-state index contributed by atoms with van der Waals surface area (Å²) in [5.74, 6) is 0.128. The van der Waals surface area contributed by atoms with E-state index in [0.717, 1.165) is 56.4 Å². The molecule has 1 atom stereocenters. The quantitative estimate of drug-likeness (QED) is 0.710. The summed E-state index contributed by atoms with van der Waals surface area (Å²) in [6.45, 7) is 8.14. The van der Waals surface area contributed by atoms with Gasteiger partial charge in [0, 0.05) is 57.5 Å². The van der Waals surface area contributed by atoms with Crippen LogP contribution < -0.4 is 5.32 Å². The van der Waals surface area contributed by atoms with Crippen molar-refractivity contribution in [3.05, 3.63) is 16.1 Å². The zero-order chi connectivity index (χ0) is 19.1. The molecule has 150 valence electrons. The number of ether oxygens (including phenoxy) is 1. The van der Waals surface area contributed by atoms with Crippen molar-refractivity contribution in [1.29, 1.82) is 0 Å². The first-order valence-corrected chi connectivity index (χ1v) is 10.8. The van der Waals surface area contributed by atoms with Crippen LogP contribution >= 0.6 is 11.3 Å². The molecule has 1 unspecified atom stereocenters. The summed E-state index contributed by atoms with van der Waals surface area (Å²) in [6.07, 6.45) is 2.82. The van der Waals surface area contributed by atoms with Crippen molar-refractivity contribution >= 4 is 23.2 Å². The van der Waals surface area contributed by atoms with Gasteiger partial charge in [0.2, 0.25) is 11.8 Å². The highest BCUT2D eigenvalue weighted by Crippen LogP contribution is 2.18. The molecule has 2 aliphatic rings. The summed E-state index contributed by atoms with van der Waals surface area (Å²) in [6, 6.07) is 0. The van der Waals surface area contributed by atoms with Crippen LogP contribution in [0, 0.1) is 5.92 Å². The first-order chi connectivity index (χ1) is 13.2. The number of amides is 2. The Hall–Kier alpha value is -1.51. The Kier molecular flexibility index (Phi) is 7.60. The molecule has 7 nitrogen and oxygen atoms in total. The molecule has 1 N–H and O–H groups in total. The maximum atomic E-state index is 12.5. The smallest absolute Gasteiger partial charge is 0.224 e. The van der Waals surface area contributed by atoms with Crippen molar-refractivity contribution in [3.8, 4) is 0 Å². The minimum atomic E-state index is -0.102. The molecular weight excluding hydrogens is 364 g/mol. The lowest BCUT2D eigenvalue weighted by molar-refractivity contribution is -0.138. The number of carbonyl (C=O) groups is 2. The topological polar surface area (TPSA) is 74.8 Å². The maximum absolute atomic E-state index is 12.5. The van der Waals surface area contributed by atoms with Crippen molar-refractivity contribution in [2.45, 2.75) is 32.6 Å². The summed E-state index contributed by atoms with van der Waals surface area (Å²) in [5.41, 5.74) is 1.11. The normalized spacial score (nSPS) is 21.4. The van der Waals surface area contributed by atoms with Crippen LogP contribution in [-0.2, 0) is 27.2 Å². The average molecular weight is 395 g/mol. The van der Waals surface area contributed by atoms with Crippen LogP contribution in [0.15, 0.2) is 5.38 Å². The molecule has 1 aromatic rings. The van der Waals surface area contributed by atoms with Gasteiger partial charge >= 0.3 is 0 Å². The highest BCUT2D eigenvalue weighted by molar-refractivity contribution is 7.09. The first kappa shape index (κ1) is 20.2. The third-order valence-corrected chi connectivity index (χ3v) is 6.22. The zero-order valence-corrected chi connectivity index (χ0v) is 16.9. The second-order valence-electron chi connectivity index (χ2n) is 7.16. The number of hydrogen-bond acceptors (Lipinski definition) is 6. The van der Waals surface area contributed by atoms with Crippen LogP contribution in [0.2, 0.25) is 0 Å². The van der Waals surface area contributed by atoms with E-state index in [1.807, 2.05) is 4.90 Å². The monoisotopic (exact) mass is 394 g/mol. The molecule has 0 aromatic carbocycles. The Bertz CT molecular complexity index is 630. The van der Waals surface area contributed by atoms with Crippen molar-refractivity contribution in [3.63, 3.8) is 0 Å². The first-order valence-electron chi connectivity index (χ1n) is 9.94. The minimum Gasteiger partial charge on any atom is -0.379 e. The van der Waals surface area contributed by atoms with Gasteiger partial charge < -0.3 is 15.0 Å². The van der Waals surface area contributed by atoms with E-state index in [1.54, 1.807) is 11.3 Å². The molecule has 8 heteroatoms. The molecule has 0 bridgehead atoms. The molecule has 0 spiro atoms. The molecule has 0 aliphatic carbocycles. The fourth-order valence-electron chi connectivity index (χ4n) is 3.49. The van der Waals surface area contributed by atoms with E-state index in [2.05, 4.69) is 27.5 Å². The molecule has 2 amide bonds. The number of aromatic nitrogens is 1. The molecule has 2 aliphatic heterocycles. The number of carbonyl (C=O) groups excluding carboxylic acids is 2. The van der Waals surface area contributed by atoms with Gasteiger partial charge in [-0.1, -0.05) is 6.92 Å². The number of piperidine rings is 1. The van der Waals surface area contributed by atoms with E-state index >= 15 is 0 Å². The van der Waals surface area contributed by atoms with Crippen LogP contribution in [0.5, 0.6) is 0 Å². The van der Waals surface area contributed by atoms with Gasteiger partial charge in [-0.3, -0.25) is 14.5 Å². The van der Waals surface area contributed by atoms with E-state index in [9.17, 15) is 9.59 Å². The van der Waals surface area contributed by atoms with Gasteiger partial charge in [0.1, 0.15) is 0 Å². The summed E-state index contributed by atoms with van der Waals surface area (Å²) in [5, 5.41) is 6.18. The Morgan fingerprint density at radius 1 is 1.37 bits per heavy atom. The van der Waals surface area contributed by atoms with Crippen LogP contribution in [0.3, 0.4) is 0 Å². The summed E-state index contributed by atoms with van der Waals surface area (Å²) >= 11 is 1.65. The molecule has 0 saturated carbocycles. The third kappa shape index (κ3) is 5.99. The van der Waals surface area contributed by atoms with E-state index in [1.165, 1.54) is 0 Å². The van der Waals surface area contributed by atoms with Gasteiger partial charge in [-0.15, -0.1) is 11.3 Å². The number of hydrogen-bond donors (Lipinski definition) is 1. The van der Waals surface area contributed by atoms with Gasteiger partial charge in [0.05, 0.1) is 29.8 Å². The Morgan fingerprint density at radius 3 is 2.93 bits per heavy atom. The van der Waals surface area contributed by atoms with E-state index < -0.39 is 0 Å². The molecule has 1 aromatic heterocycles. The van der Waals surface area contributed by atoms with Crippen molar-refractivity contribution in [2.75, 3.05) is 52.5 Å². The van der Waals surface area contributed by atoms with Gasteiger partial charge in [-0.05, 0) is 12.8 Å². The van der Waals surface area contributed by atoms with Crippen LogP contribution in [0.4, 0.5) is 0 Å². The molecule has 3 heterocycles. The van der Waals surface area contributed by atoms with Crippen molar-refractivity contribution in [2.24, 2.45) is 5.92 Å². The van der Waals surface area contributed by atoms with E-state index in [0.29, 0.717) is 32.5 Å². The second-order valence-corrected chi connectivity index (χ2v) is 8.10. The number of morpholine rings is 1. The number of rotatable bonds is 8. The molecular formula is C19H30N4O3S. The fraction of sp³-hybridized carbons (Fsp3) is 0.737. The van der Waals surface area contributed by atoms with Crippen molar-refractivity contribution in [1.82, 2.24) is 20.1 Å². The number of likely N-dealkylation sites (tertiary alicyclic amines) is 1. The Morgan fingerprint density at radius 2 is 2.19 bits per heavy atom. The lowest BCUT2D eigenvalue weighted by atomic mass is 9.96. The van der Waals surface area contributed by atoms with E-state index in [4.69, 9.17) is 4.74 Å². The summed E-state index contributed by atoms with van der Waals surface area (Å²) in [7, 11) is 0. The van der Waals surface area contributed by atoms with Gasteiger partial charge in [0.15, 0.2) is 0 Å². The zero-order valence-electron chi connectivity index (χ0n) is 16.1. The second kappa shape index (κ2) is 10.1. The number of aryl methyl sites for hydroxylation is 1. The standard InChI is InChI=1S/C19H30N4O3S/c1-2-16-14-27-17(21-16)5-6-20-19(25)15-3-4-18(24)23(13-15)8-7-22-9-11-26-12-10-22/h14-15H,2-13H2,1H3,(H,20,25). The molecule has 0 radical (unpaired) electrons. The number of nitrogens with one attached hydrogen (secondary N) is 1. The van der Waals surface area contributed by atoms with E-state index in [-0.39, 0.29) is 17.7 Å². The lowest BCUT2D eigenvalue weighted by Crippen LogP contribution is -2.49. The van der Waals surface area contributed by atoms with Gasteiger partial charge in [-0.25, -0.2) is 4.98 Å². The van der Waals surface area contributed by atoms with Crippen LogP contribution in [0.1, 0.15) is 30.5 Å². The van der Waals surface area contributed by atoms with Crippen LogP contribution in [0.25, 0.3) is 0 Å². The predicted octanol–water partition coefficient (Wildman–Crippen LogP) is 0.935. The number of nitrogens with zero attached hydrogens (tertiary/aromatic N) is 3. The average Bonchev–Trinajstić information content (AvgIpc) is 3.16. The molecule has 3 rings (SSSR count). The lowest BCUT2D eigenvalue weighted by Gasteiger charge is -2.34.